The summed E-state index contributed by atoms with van der Waals surface area (Å²) in [5, 5.41) is 11.9. The predicted octanol–water partition coefficient (Wildman–Crippen LogP) is 1.29. The van der Waals surface area contributed by atoms with Gasteiger partial charge in [-0.1, -0.05) is 0 Å². The molecular weight excluding hydrogens is 330 g/mol. The quantitative estimate of drug-likeness (QED) is 0.653. The van der Waals surface area contributed by atoms with Gasteiger partial charge in [0.2, 0.25) is 0 Å². The topological polar surface area (TPSA) is 111 Å². The third-order valence-corrected chi connectivity index (χ3v) is 4.68. The summed E-state index contributed by atoms with van der Waals surface area (Å²) in [7, 11) is 1.85. The van der Waals surface area contributed by atoms with Crippen molar-refractivity contribution >= 4 is 22.6 Å². The number of aryl methyl sites for hydroxylation is 1. The van der Waals surface area contributed by atoms with Crippen molar-refractivity contribution in [3.63, 3.8) is 0 Å². The number of nitrogens with one attached hydrogen (secondary N) is 2. The summed E-state index contributed by atoms with van der Waals surface area (Å²) in [5.41, 5.74) is 8.33. The van der Waals surface area contributed by atoms with E-state index >= 15 is 0 Å². The minimum Gasteiger partial charge on any atom is -0.366 e. The van der Waals surface area contributed by atoms with Crippen LogP contribution in [0.15, 0.2) is 30.9 Å². The maximum atomic E-state index is 12.0. The van der Waals surface area contributed by atoms with Crippen LogP contribution in [0.4, 0.5) is 5.82 Å². The van der Waals surface area contributed by atoms with Crippen LogP contribution in [0.1, 0.15) is 23.2 Å². The Kier molecular flexibility index (Phi) is 4.26. The van der Waals surface area contributed by atoms with Gasteiger partial charge in [-0.25, -0.2) is 9.97 Å². The van der Waals surface area contributed by atoms with Crippen molar-refractivity contribution in [1.82, 2.24) is 25.1 Å². The molecule has 1 fully saturated rings. The lowest BCUT2D eigenvalue weighted by atomic mass is 10.0. The Morgan fingerprint density at radius 3 is 2.92 bits per heavy atom. The zero-order chi connectivity index (χ0) is 18.1. The second-order valence-electron chi connectivity index (χ2n) is 6.60. The summed E-state index contributed by atoms with van der Waals surface area (Å²) < 4.78 is 1.72. The molecule has 4 N–H and O–H groups in total. The molecule has 2 aromatic heterocycles. The van der Waals surface area contributed by atoms with Crippen LogP contribution in [-0.2, 0) is 7.05 Å². The van der Waals surface area contributed by atoms with Crippen molar-refractivity contribution in [2.45, 2.75) is 18.9 Å². The summed E-state index contributed by atoms with van der Waals surface area (Å²) in [6.45, 7) is 1.93. The summed E-state index contributed by atoms with van der Waals surface area (Å²) in [6.07, 6.45) is 7.32. The van der Waals surface area contributed by atoms with Crippen LogP contribution in [-0.4, -0.2) is 44.8 Å². The van der Waals surface area contributed by atoms with Crippen molar-refractivity contribution in [2.75, 3.05) is 18.4 Å². The third kappa shape index (κ3) is 3.11. The second-order valence-corrected chi connectivity index (χ2v) is 6.60. The molecule has 0 bridgehead atoms. The first-order valence-corrected chi connectivity index (χ1v) is 8.66. The molecular formula is C18H21N7O. The largest absolute Gasteiger partial charge is 0.366 e. The van der Waals surface area contributed by atoms with E-state index in [9.17, 15) is 4.79 Å². The van der Waals surface area contributed by atoms with Gasteiger partial charge in [-0.3, -0.25) is 9.48 Å². The molecule has 8 heteroatoms. The van der Waals surface area contributed by atoms with E-state index in [1.54, 1.807) is 16.9 Å². The third-order valence-electron chi connectivity index (χ3n) is 4.68. The zero-order valence-electron chi connectivity index (χ0n) is 14.6. The van der Waals surface area contributed by atoms with Gasteiger partial charge >= 0.3 is 0 Å². The van der Waals surface area contributed by atoms with Gasteiger partial charge in [0, 0.05) is 36.8 Å². The maximum absolute atomic E-state index is 12.0. The van der Waals surface area contributed by atoms with Gasteiger partial charge in [-0.2, -0.15) is 5.10 Å². The smallest absolute Gasteiger partial charge is 0.250 e. The molecule has 134 valence electrons. The molecule has 1 atom stereocenters. The molecule has 1 saturated heterocycles. The van der Waals surface area contributed by atoms with Crippen LogP contribution < -0.4 is 16.4 Å². The number of benzene rings is 1. The Hall–Kier alpha value is -3.00. The number of nitrogens with zero attached hydrogens (tertiary/aromatic N) is 4. The molecule has 1 amide bonds. The fourth-order valence-electron chi connectivity index (χ4n) is 3.38. The summed E-state index contributed by atoms with van der Waals surface area (Å²) in [5.74, 6) is 0.210. The fraction of sp³-hybridized carbons (Fsp3) is 0.333. The number of aromatic nitrogens is 4. The molecule has 3 aromatic rings. The van der Waals surface area contributed by atoms with Crippen LogP contribution in [0.5, 0.6) is 0 Å². The predicted molar refractivity (Wildman–Crippen MR) is 99.8 cm³/mol. The van der Waals surface area contributed by atoms with Crippen LogP contribution >= 0.6 is 0 Å². The normalized spacial score (nSPS) is 17.3. The summed E-state index contributed by atoms with van der Waals surface area (Å²) >= 11 is 0. The van der Waals surface area contributed by atoms with Crippen molar-refractivity contribution in [2.24, 2.45) is 12.8 Å². The summed E-state index contributed by atoms with van der Waals surface area (Å²) in [6, 6.07) is 4.04. The monoisotopic (exact) mass is 351 g/mol. The van der Waals surface area contributed by atoms with Gasteiger partial charge in [0.1, 0.15) is 12.1 Å². The Labute approximate surface area is 150 Å². The molecule has 0 spiro atoms. The first-order chi connectivity index (χ1) is 12.6. The second kappa shape index (κ2) is 6.72. The SMILES string of the molecule is Cn1cc(-c2cc(C(N)=O)c3ncnc(NC4CCCNC4)c3c2)cn1. The van der Waals surface area contributed by atoms with Gasteiger partial charge in [0.15, 0.2) is 0 Å². The van der Waals surface area contributed by atoms with E-state index in [4.69, 9.17) is 5.73 Å². The first kappa shape index (κ1) is 16.5. The van der Waals surface area contributed by atoms with E-state index < -0.39 is 5.91 Å². The average Bonchev–Trinajstić information content (AvgIpc) is 3.08. The number of fused-ring (bicyclic) bond motifs is 1. The van der Waals surface area contributed by atoms with E-state index in [0.717, 1.165) is 48.3 Å². The van der Waals surface area contributed by atoms with Gasteiger partial charge < -0.3 is 16.4 Å². The summed E-state index contributed by atoms with van der Waals surface area (Å²) in [4.78, 5) is 20.7. The molecule has 4 rings (SSSR count). The van der Waals surface area contributed by atoms with Crippen molar-refractivity contribution in [1.29, 1.82) is 0 Å². The molecule has 1 aliphatic rings. The van der Waals surface area contributed by atoms with E-state index in [0.29, 0.717) is 17.1 Å². The molecule has 8 nitrogen and oxygen atoms in total. The Morgan fingerprint density at radius 1 is 1.35 bits per heavy atom. The van der Waals surface area contributed by atoms with Gasteiger partial charge in [-0.05, 0) is 37.1 Å². The number of carbonyl (C=O) groups is 1. The van der Waals surface area contributed by atoms with Gasteiger partial charge in [-0.15, -0.1) is 0 Å². The van der Waals surface area contributed by atoms with Crippen LogP contribution in [0.3, 0.4) is 0 Å². The number of rotatable bonds is 4. The highest BCUT2D eigenvalue weighted by molar-refractivity contribution is 6.08. The van der Waals surface area contributed by atoms with Crippen molar-refractivity contribution < 1.29 is 4.79 Å². The van der Waals surface area contributed by atoms with E-state index in [1.165, 1.54) is 6.33 Å². The highest BCUT2D eigenvalue weighted by Gasteiger charge is 2.18. The molecule has 0 saturated carbocycles. The molecule has 1 aliphatic heterocycles. The van der Waals surface area contributed by atoms with Gasteiger partial charge in [0.05, 0.1) is 17.3 Å². The maximum Gasteiger partial charge on any atom is 0.250 e. The molecule has 1 unspecified atom stereocenters. The lowest BCUT2D eigenvalue weighted by Gasteiger charge is -2.24. The number of hydrogen-bond acceptors (Lipinski definition) is 6. The minimum absolute atomic E-state index is 0.293. The van der Waals surface area contributed by atoms with Gasteiger partial charge in [0.25, 0.3) is 5.91 Å². The number of amides is 1. The van der Waals surface area contributed by atoms with Crippen LogP contribution in [0.25, 0.3) is 22.0 Å². The number of anilines is 1. The average molecular weight is 351 g/mol. The Bertz CT molecular complexity index is 959. The van der Waals surface area contributed by atoms with Crippen LogP contribution in [0, 0.1) is 0 Å². The van der Waals surface area contributed by atoms with E-state index in [-0.39, 0.29) is 0 Å². The number of hydrogen-bond donors (Lipinski definition) is 3. The highest BCUT2D eigenvalue weighted by Crippen LogP contribution is 2.30. The van der Waals surface area contributed by atoms with E-state index in [2.05, 4.69) is 25.7 Å². The number of carbonyl (C=O) groups excluding carboxylic acids is 1. The minimum atomic E-state index is -0.510. The van der Waals surface area contributed by atoms with Crippen molar-refractivity contribution in [3.8, 4) is 11.1 Å². The number of nitrogens with two attached hydrogens (primary N) is 1. The van der Waals surface area contributed by atoms with Crippen LogP contribution in [0.2, 0.25) is 0 Å². The fourth-order valence-corrected chi connectivity index (χ4v) is 3.38. The standard InChI is InChI=1S/C18H21N7O/c1-25-9-12(7-23-25)11-5-14(17(19)26)16-15(6-11)18(22-10-21-16)24-13-3-2-4-20-8-13/h5-7,9-10,13,20H,2-4,8H2,1H3,(H2,19,26)(H,21,22,24). The zero-order valence-corrected chi connectivity index (χ0v) is 14.6. The lowest BCUT2D eigenvalue weighted by molar-refractivity contribution is 0.100. The number of piperidine rings is 1. The number of primary amides is 1. The highest BCUT2D eigenvalue weighted by atomic mass is 16.1. The molecule has 0 aliphatic carbocycles. The van der Waals surface area contributed by atoms with Crippen molar-refractivity contribution in [3.05, 3.63) is 36.4 Å². The van der Waals surface area contributed by atoms with E-state index in [1.807, 2.05) is 19.3 Å². The Balaban J connectivity index is 1.84. The molecule has 0 radical (unpaired) electrons. The molecule has 1 aromatic carbocycles. The lowest BCUT2D eigenvalue weighted by Crippen LogP contribution is -2.38. The molecule has 26 heavy (non-hydrogen) atoms. The first-order valence-electron chi connectivity index (χ1n) is 8.66. The molecule has 3 heterocycles. The Morgan fingerprint density at radius 2 is 2.23 bits per heavy atom.